The van der Waals surface area contributed by atoms with E-state index < -0.39 is 0 Å². The lowest BCUT2D eigenvalue weighted by molar-refractivity contribution is 0.570. The quantitative estimate of drug-likeness (QED) is 0.569. The molecule has 1 aromatic heterocycles. The van der Waals surface area contributed by atoms with Gasteiger partial charge in [-0.2, -0.15) is 0 Å². The molecule has 0 amide bonds. The van der Waals surface area contributed by atoms with Crippen LogP contribution in [0.25, 0.3) is 6.08 Å². The highest BCUT2D eigenvalue weighted by Crippen LogP contribution is 2.06. The largest absolute Gasteiger partial charge is 0.383 e. The Balaban J connectivity index is 3.14. The van der Waals surface area contributed by atoms with E-state index in [9.17, 15) is 4.79 Å². The maximum Gasteiger partial charge on any atom is 0.131 e. The number of hydrogen-bond donors (Lipinski definition) is 1. The van der Waals surface area contributed by atoms with Gasteiger partial charge >= 0.3 is 0 Å². The van der Waals surface area contributed by atoms with Crippen LogP contribution in [0.2, 0.25) is 0 Å². The van der Waals surface area contributed by atoms with Crippen LogP contribution in [0.4, 0.5) is 5.82 Å². The molecule has 0 atom stereocenters. The summed E-state index contributed by atoms with van der Waals surface area (Å²) in [5.74, 6) is 1.98. The molecule has 50 valence electrons. The predicted octanol–water partition coefficient (Wildman–Crippen LogP) is 0.509. The number of rotatable bonds is 1. The Morgan fingerprint density at radius 3 is 3.10 bits per heavy atom. The number of aromatic nitrogens is 1. The summed E-state index contributed by atoms with van der Waals surface area (Å²) in [6.07, 6.45) is 2.82. The molecule has 3 heteroatoms. The first-order valence-corrected chi connectivity index (χ1v) is 2.76. The van der Waals surface area contributed by atoms with Crippen LogP contribution >= 0.6 is 0 Å². The van der Waals surface area contributed by atoms with Crippen LogP contribution in [0, 0.1) is 0 Å². The highest BCUT2D eigenvalue weighted by Gasteiger charge is 1.91. The van der Waals surface area contributed by atoms with Gasteiger partial charge in [0.15, 0.2) is 0 Å². The fourth-order valence-electron chi connectivity index (χ4n) is 0.615. The molecule has 0 fully saturated rings. The molecule has 1 aromatic rings. The van der Waals surface area contributed by atoms with E-state index in [0.717, 1.165) is 0 Å². The van der Waals surface area contributed by atoms with Crippen LogP contribution in [0.3, 0.4) is 0 Å². The Kier molecular flexibility index (Phi) is 1.83. The molecule has 10 heavy (non-hydrogen) atoms. The van der Waals surface area contributed by atoms with Crippen LogP contribution in [-0.2, 0) is 4.79 Å². The van der Waals surface area contributed by atoms with Crippen molar-refractivity contribution in [3.63, 3.8) is 0 Å². The van der Waals surface area contributed by atoms with Crippen molar-refractivity contribution in [3.8, 4) is 0 Å². The van der Waals surface area contributed by atoms with Crippen molar-refractivity contribution in [1.29, 1.82) is 0 Å². The van der Waals surface area contributed by atoms with Gasteiger partial charge in [0.05, 0.1) is 0 Å². The zero-order valence-electron chi connectivity index (χ0n) is 5.24. The van der Waals surface area contributed by atoms with E-state index in [0.29, 0.717) is 11.4 Å². The van der Waals surface area contributed by atoms with Crippen molar-refractivity contribution in [1.82, 2.24) is 4.98 Å². The van der Waals surface area contributed by atoms with Gasteiger partial charge in [-0.15, -0.1) is 0 Å². The molecule has 1 rings (SSSR count). The summed E-state index contributed by atoms with van der Waals surface area (Å²) in [4.78, 5) is 13.6. The Labute approximate surface area is 58.2 Å². The summed E-state index contributed by atoms with van der Waals surface area (Å²) >= 11 is 0. The molecule has 0 aliphatic heterocycles. The minimum atomic E-state index is 0.353. The van der Waals surface area contributed by atoms with Gasteiger partial charge in [-0.1, -0.05) is 0 Å². The molecule has 1 heterocycles. The minimum absolute atomic E-state index is 0.353. The van der Waals surface area contributed by atoms with Gasteiger partial charge in [0.1, 0.15) is 11.8 Å². The van der Waals surface area contributed by atoms with E-state index in [1.54, 1.807) is 24.3 Å². The minimum Gasteiger partial charge on any atom is -0.383 e. The van der Waals surface area contributed by atoms with Gasteiger partial charge in [-0.25, -0.2) is 9.78 Å². The normalized spacial score (nSPS) is 8.40. The molecule has 0 aromatic carbocycles. The van der Waals surface area contributed by atoms with E-state index >= 15 is 0 Å². The fourth-order valence-corrected chi connectivity index (χ4v) is 0.615. The monoisotopic (exact) mass is 134 g/mol. The van der Waals surface area contributed by atoms with Gasteiger partial charge in [0.2, 0.25) is 0 Å². The highest BCUT2D eigenvalue weighted by molar-refractivity contribution is 5.78. The molecule has 0 aliphatic carbocycles. The second-order valence-corrected chi connectivity index (χ2v) is 1.74. The first kappa shape index (κ1) is 6.52. The second kappa shape index (κ2) is 2.80. The van der Waals surface area contributed by atoms with Crippen molar-refractivity contribution in [2.75, 3.05) is 5.73 Å². The molecule has 0 saturated carbocycles. The van der Waals surface area contributed by atoms with Crippen LogP contribution < -0.4 is 5.73 Å². The average Bonchev–Trinajstić information content (AvgIpc) is 1.94. The molecule has 0 bridgehead atoms. The van der Waals surface area contributed by atoms with Crippen molar-refractivity contribution in [2.24, 2.45) is 0 Å². The molecule has 2 N–H and O–H groups in total. The van der Waals surface area contributed by atoms with Crippen molar-refractivity contribution < 1.29 is 4.79 Å². The molecule has 3 nitrogen and oxygen atoms in total. The molecule has 0 unspecified atom stereocenters. The highest BCUT2D eigenvalue weighted by atomic mass is 16.1. The summed E-state index contributed by atoms with van der Waals surface area (Å²) in [6, 6.07) is 3.41. The number of nitrogen functional groups attached to an aromatic ring is 1. The third kappa shape index (κ3) is 1.21. The van der Waals surface area contributed by atoms with E-state index in [4.69, 9.17) is 5.73 Å². The summed E-state index contributed by atoms with van der Waals surface area (Å²) in [5, 5.41) is 0. The molecule has 0 radical (unpaired) electrons. The van der Waals surface area contributed by atoms with Gasteiger partial charge in [-0.05, 0) is 12.1 Å². The maximum absolute atomic E-state index is 9.86. The van der Waals surface area contributed by atoms with Gasteiger partial charge < -0.3 is 5.73 Å². The van der Waals surface area contributed by atoms with Crippen LogP contribution in [0.15, 0.2) is 18.3 Å². The van der Waals surface area contributed by atoms with Crippen molar-refractivity contribution in [2.45, 2.75) is 0 Å². The smallest absolute Gasteiger partial charge is 0.131 e. The number of carbonyl (C=O) groups excluding carboxylic acids is 1. The molecular weight excluding hydrogens is 128 g/mol. The molecular formula is C7H6N2O. The van der Waals surface area contributed by atoms with Crippen molar-refractivity contribution >= 4 is 17.8 Å². The lowest BCUT2D eigenvalue weighted by Crippen LogP contribution is -1.91. The van der Waals surface area contributed by atoms with Gasteiger partial charge in [0, 0.05) is 17.8 Å². The third-order valence-corrected chi connectivity index (χ3v) is 1.09. The average molecular weight is 134 g/mol. The lowest BCUT2D eigenvalue weighted by atomic mass is 10.2. The van der Waals surface area contributed by atoms with E-state index in [-0.39, 0.29) is 0 Å². The van der Waals surface area contributed by atoms with Gasteiger partial charge in [-0.3, -0.25) is 0 Å². The van der Waals surface area contributed by atoms with Crippen molar-refractivity contribution in [3.05, 3.63) is 23.9 Å². The topological polar surface area (TPSA) is 56.0 Å². The Morgan fingerprint density at radius 1 is 1.70 bits per heavy atom. The Hall–Kier alpha value is -1.60. The predicted molar refractivity (Wildman–Crippen MR) is 38.8 cm³/mol. The van der Waals surface area contributed by atoms with E-state index in [1.165, 1.54) is 6.08 Å². The first-order chi connectivity index (χ1) is 4.84. The standard InChI is InChI=1S/C7H6N2O/c8-7-6(3-5-10)2-1-4-9-7/h1-4H,(H2,8,9). The lowest BCUT2D eigenvalue weighted by Gasteiger charge is -1.93. The van der Waals surface area contributed by atoms with E-state index in [1.807, 2.05) is 0 Å². The first-order valence-electron chi connectivity index (χ1n) is 2.76. The summed E-state index contributed by atoms with van der Waals surface area (Å²) < 4.78 is 0. The molecule has 0 spiro atoms. The van der Waals surface area contributed by atoms with E-state index in [2.05, 4.69) is 4.98 Å². The van der Waals surface area contributed by atoms with Crippen LogP contribution in [-0.4, -0.2) is 10.9 Å². The third-order valence-electron chi connectivity index (χ3n) is 1.09. The van der Waals surface area contributed by atoms with Crippen LogP contribution in [0.5, 0.6) is 0 Å². The zero-order chi connectivity index (χ0) is 7.40. The number of nitrogens with zero attached hydrogens (tertiary/aromatic N) is 1. The number of nitrogens with two attached hydrogens (primary N) is 1. The van der Waals surface area contributed by atoms with Gasteiger partial charge in [0.25, 0.3) is 0 Å². The fraction of sp³-hybridized carbons (Fsp3) is 0. The summed E-state index contributed by atoms with van der Waals surface area (Å²) in [5.41, 5.74) is 5.99. The number of hydrogen-bond acceptors (Lipinski definition) is 3. The summed E-state index contributed by atoms with van der Waals surface area (Å²) in [6.45, 7) is 0. The maximum atomic E-state index is 9.86. The molecule has 0 aliphatic rings. The van der Waals surface area contributed by atoms with Crippen LogP contribution in [0.1, 0.15) is 5.56 Å². The number of pyridine rings is 1. The zero-order valence-corrected chi connectivity index (χ0v) is 5.24. The summed E-state index contributed by atoms with van der Waals surface area (Å²) in [7, 11) is 0. The molecule has 0 saturated heterocycles. The SMILES string of the molecule is Nc1ncccc1C=C=O. The second-order valence-electron chi connectivity index (χ2n) is 1.74. The Morgan fingerprint density at radius 2 is 2.50 bits per heavy atom. The Bertz CT molecular complexity index is 277. The number of anilines is 1.